The van der Waals surface area contributed by atoms with Crippen LogP contribution in [0.25, 0.3) is 21.9 Å². The zero-order chi connectivity index (χ0) is 26.0. The van der Waals surface area contributed by atoms with Gasteiger partial charge in [-0.25, -0.2) is 4.98 Å². The lowest BCUT2D eigenvalue weighted by Gasteiger charge is -2.22. The zero-order valence-electron chi connectivity index (χ0n) is 22.6. The molecule has 172 valence electrons. The maximum absolute atomic E-state index is 13.2. The fourth-order valence-electron chi connectivity index (χ4n) is 4.67. The summed E-state index contributed by atoms with van der Waals surface area (Å²) in [6.45, 7) is 10.2. The van der Waals surface area contributed by atoms with Crippen LogP contribution in [0.3, 0.4) is 0 Å². The van der Waals surface area contributed by atoms with E-state index in [0.717, 1.165) is 27.5 Å². The molecule has 1 aromatic heterocycles. The molecule has 1 heterocycles. The molecule has 3 rings (SSSR count). The summed E-state index contributed by atoms with van der Waals surface area (Å²) in [6.07, 6.45) is 5.64. The lowest BCUT2D eigenvalue weighted by Crippen LogP contribution is -2.39. The van der Waals surface area contributed by atoms with E-state index in [2.05, 4.69) is 72.5 Å². The summed E-state index contributed by atoms with van der Waals surface area (Å²) in [4.78, 5) is 19.7. The van der Waals surface area contributed by atoms with Crippen molar-refractivity contribution in [3.05, 3.63) is 77.0 Å². The molecule has 0 spiro atoms. The minimum absolute atomic E-state index is 0.138. The Hall–Kier alpha value is -3.34. The number of allylic oxidation sites excluding steroid dienone is 1. The van der Waals surface area contributed by atoms with Gasteiger partial charge in [0, 0.05) is 24.3 Å². The van der Waals surface area contributed by atoms with Crippen molar-refractivity contribution in [2.24, 2.45) is 0 Å². The first kappa shape index (κ1) is 26.3. The molecule has 4 nitrogen and oxygen atoms in total. The zero-order valence-corrected chi connectivity index (χ0v) is 22.6. The van der Waals surface area contributed by atoms with Crippen LogP contribution < -0.4 is 21.7 Å². The monoisotopic (exact) mass is 457 g/mol. The van der Waals surface area contributed by atoms with E-state index in [1.54, 1.807) is 12.4 Å². The lowest BCUT2D eigenvalue weighted by atomic mass is 9.62. The van der Waals surface area contributed by atoms with E-state index in [4.69, 9.17) is 0 Å². The van der Waals surface area contributed by atoms with E-state index in [1.807, 2.05) is 46.7 Å². The van der Waals surface area contributed by atoms with Crippen molar-refractivity contribution in [3.63, 3.8) is 0 Å². The Morgan fingerprint density at radius 3 is 2.31 bits per heavy atom. The number of benzene rings is 2. The van der Waals surface area contributed by atoms with Crippen LogP contribution in [0.15, 0.2) is 54.8 Å². The van der Waals surface area contributed by atoms with Crippen molar-refractivity contribution in [2.75, 3.05) is 12.4 Å². The molecule has 0 unspecified atom stereocenters. The fraction of sp³-hybridized carbons (Fsp3) is 0.154. The lowest BCUT2D eigenvalue weighted by molar-refractivity contribution is -0.112. The Morgan fingerprint density at radius 2 is 1.69 bits per heavy atom. The summed E-state index contributed by atoms with van der Waals surface area (Å²) in [5, 5.41) is 5.04. The number of carbonyl (C=O) groups is 1. The molecular weight excluding hydrogens is 424 g/mol. The third-order valence-corrected chi connectivity index (χ3v) is 7.46. The number of fused-ring (bicyclic) bond motifs is 1. The Kier molecular flexibility index (Phi) is 7.89. The van der Waals surface area contributed by atoms with Gasteiger partial charge in [0.15, 0.2) is 0 Å². The van der Waals surface area contributed by atoms with Crippen LogP contribution in [0.4, 0.5) is 5.82 Å². The van der Waals surface area contributed by atoms with E-state index in [1.165, 1.54) is 33.1 Å². The molecule has 0 aliphatic heterocycles. The number of aromatic nitrogens is 1. The van der Waals surface area contributed by atoms with Gasteiger partial charge in [-0.05, 0) is 61.1 Å². The van der Waals surface area contributed by atoms with Crippen molar-refractivity contribution in [2.45, 2.75) is 20.8 Å². The molecule has 35 heavy (non-hydrogen) atoms. The number of nitrogens with zero attached hydrogens (tertiary/aromatic N) is 2. The van der Waals surface area contributed by atoms with Gasteiger partial charge in [-0.3, -0.25) is 4.79 Å². The van der Waals surface area contributed by atoms with E-state index in [-0.39, 0.29) is 5.91 Å². The normalized spacial score (nSPS) is 12.3. The van der Waals surface area contributed by atoms with Gasteiger partial charge in [0.25, 0.3) is 0 Å². The Morgan fingerprint density at radius 1 is 1.03 bits per heavy atom. The number of amides is 1. The summed E-state index contributed by atoms with van der Waals surface area (Å²) in [5.41, 5.74) is 11.3. The summed E-state index contributed by atoms with van der Waals surface area (Å²) in [7, 11) is 12.3. The van der Waals surface area contributed by atoms with Crippen molar-refractivity contribution >= 4 is 89.3 Å². The molecule has 0 aliphatic carbocycles. The molecular formula is C26H32B5N3O. The predicted molar refractivity (Wildman–Crippen MR) is 166 cm³/mol. The Labute approximate surface area is 214 Å². The average Bonchev–Trinajstić information content (AvgIpc) is 2.85. The summed E-state index contributed by atoms with van der Waals surface area (Å²) >= 11 is 0. The maximum Gasteiger partial charge on any atom is 0.242 e. The number of carbonyl (C=O) groups excluding carboxylic acids is 1. The van der Waals surface area contributed by atoms with E-state index in [9.17, 15) is 4.79 Å². The first-order valence-electron chi connectivity index (χ1n) is 12.0. The van der Waals surface area contributed by atoms with Gasteiger partial charge in [-0.2, -0.15) is 0 Å². The molecule has 9 heteroatoms. The number of anilines is 1. The molecule has 0 saturated heterocycles. The molecule has 0 fully saturated rings. The number of nitrogens with one attached hydrogen (secondary N) is 1. The minimum Gasteiger partial charge on any atom is -0.351 e. The van der Waals surface area contributed by atoms with Crippen LogP contribution in [-0.4, -0.2) is 62.1 Å². The largest absolute Gasteiger partial charge is 0.351 e. The molecule has 0 bridgehead atoms. The molecule has 2 aromatic carbocycles. The maximum atomic E-state index is 13.2. The number of pyridine rings is 1. The third kappa shape index (κ3) is 5.05. The minimum atomic E-state index is -0.138. The van der Waals surface area contributed by atoms with Crippen LogP contribution in [-0.2, 0) is 4.79 Å². The van der Waals surface area contributed by atoms with Gasteiger partial charge in [-0.1, -0.05) is 57.8 Å². The first-order chi connectivity index (χ1) is 16.5. The highest BCUT2D eigenvalue weighted by molar-refractivity contribution is 6.61. The molecule has 0 atom stereocenters. The second-order valence-corrected chi connectivity index (χ2v) is 9.30. The summed E-state index contributed by atoms with van der Waals surface area (Å²) in [6, 6.07) is 8.16. The third-order valence-electron chi connectivity index (χ3n) is 7.46. The van der Waals surface area contributed by atoms with Crippen molar-refractivity contribution in [1.29, 1.82) is 0 Å². The highest BCUT2D eigenvalue weighted by atomic mass is 16.1. The molecule has 3 aromatic rings. The van der Waals surface area contributed by atoms with E-state index in [0.29, 0.717) is 11.3 Å². The van der Waals surface area contributed by atoms with Crippen LogP contribution in [0.2, 0.25) is 0 Å². The van der Waals surface area contributed by atoms with Crippen LogP contribution in [0, 0.1) is 13.8 Å². The van der Waals surface area contributed by atoms with Gasteiger partial charge < -0.3 is 10.2 Å². The molecule has 0 aliphatic rings. The van der Waals surface area contributed by atoms with Crippen molar-refractivity contribution < 1.29 is 4.79 Å². The van der Waals surface area contributed by atoms with Crippen LogP contribution >= 0.6 is 0 Å². The molecule has 0 radical (unpaired) electrons. The van der Waals surface area contributed by atoms with E-state index >= 15 is 0 Å². The van der Waals surface area contributed by atoms with Crippen molar-refractivity contribution in [3.8, 4) is 0 Å². The van der Waals surface area contributed by atoms with Crippen LogP contribution in [0.1, 0.15) is 29.2 Å². The predicted octanol–water partition coefficient (Wildman–Crippen LogP) is -1.36. The Bertz CT molecular complexity index is 1380. The molecule has 0 saturated carbocycles. The molecule has 1 N–H and O–H groups in total. The Balaban J connectivity index is 1.97. The van der Waals surface area contributed by atoms with Crippen molar-refractivity contribution in [1.82, 2.24) is 9.88 Å². The van der Waals surface area contributed by atoms with Gasteiger partial charge in [0.05, 0.1) is 0 Å². The van der Waals surface area contributed by atoms with Gasteiger partial charge >= 0.3 is 0 Å². The first-order valence-corrected chi connectivity index (χ1v) is 12.0. The van der Waals surface area contributed by atoms with Gasteiger partial charge in [-0.15, -0.1) is 0 Å². The summed E-state index contributed by atoms with van der Waals surface area (Å²) in [5.74, 6) is 0.399. The number of rotatable bonds is 6. The smallest absolute Gasteiger partial charge is 0.242 e. The number of hydrogen-bond acceptors (Lipinski definition) is 3. The summed E-state index contributed by atoms with van der Waals surface area (Å²) < 4.78 is 0. The average molecular weight is 457 g/mol. The fourth-order valence-corrected chi connectivity index (χ4v) is 4.67. The quantitative estimate of drug-likeness (QED) is 0.368. The van der Waals surface area contributed by atoms with Gasteiger partial charge in [0.2, 0.25) is 5.91 Å². The van der Waals surface area contributed by atoms with Gasteiger partial charge in [0.1, 0.15) is 45.0 Å². The highest BCUT2D eigenvalue weighted by Gasteiger charge is 2.17. The number of hydrogen-bond donors (Lipinski definition) is 1. The second kappa shape index (κ2) is 10.5. The second-order valence-electron chi connectivity index (χ2n) is 9.30. The highest BCUT2D eigenvalue weighted by Crippen LogP contribution is 2.25. The SMILES string of the molecule is B/C(C(=O)Nc1cc2cc(/C(=C/C)N(C)C=C)ccc2cn1)=C(/B)c1c(B)c(B)c(C)c(C)c1B. The van der Waals surface area contributed by atoms with E-state index < -0.39 is 0 Å². The standard InChI is InChI=1S/C26H32B5N3O/c1-6-18(34(5)7-2)15-8-9-16-12-32-19(11-17(16)10-15)33-26(35)25(31)24(30)20-21(27)13(3)14(4)22(28)23(20)29/h6-12H,2,27-31H2,1,3-5H3,(H,32,33,35)/b18-6-,25-24+. The van der Waals surface area contributed by atoms with Crippen LogP contribution in [0.5, 0.6) is 0 Å². The topological polar surface area (TPSA) is 45.2 Å². The molecule has 1 amide bonds.